The van der Waals surface area contributed by atoms with Gasteiger partial charge in [0.1, 0.15) is 0 Å². The van der Waals surface area contributed by atoms with Crippen LogP contribution in [-0.4, -0.2) is 0 Å². The van der Waals surface area contributed by atoms with Gasteiger partial charge in [0.2, 0.25) is 0 Å². The Morgan fingerprint density at radius 1 is 1.31 bits per heavy atom. The van der Waals surface area contributed by atoms with E-state index in [2.05, 4.69) is 0 Å². The minimum atomic E-state index is -4.36. The molecular formula is C9H8ClF3. The highest BCUT2D eigenvalue weighted by Gasteiger charge is 2.35. The molecule has 0 aliphatic rings. The summed E-state index contributed by atoms with van der Waals surface area (Å²) in [5.41, 5.74) is -0.473. The predicted octanol–water partition coefficient (Wildman–Crippen LogP) is 3.92. The topological polar surface area (TPSA) is 0 Å². The van der Waals surface area contributed by atoms with Crippen molar-refractivity contribution < 1.29 is 13.2 Å². The molecule has 72 valence electrons. The molecule has 0 aliphatic carbocycles. The number of hydrogen-bond donors (Lipinski definition) is 0. The van der Waals surface area contributed by atoms with E-state index in [0.717, 1.165) is 0 Å². The van der Waals surface area contributed by atoms with E-state index in [9.17, 15) is 13.2 Å². The molecule has 0 nitrogen and oxygen atoms in total. The van der Waals surface area contributed by atoms with E-state index in [1.807, 2.05) is 0 Å². The molecule has 0 spiro atoms. The molecule has 0 saturated heterocycles. The molecule has 0 unspecified atom stereocenters. The van der Waals surface area contributed by atoms with E-state index in [1.165, 1.54) is 18.2 Å². The molecule has 0 heterocycles. The van der Waals surface area contributed by atoms with Gasteiger partial charge in [0, 0.05) is 0 Å². The minimum Gasteiger partial charge on any atom is -0.166 e. The highest BCUT2D eigenvalue weighted by molar-refractivity contribution is 6.31. The van der Waals surface area contributed by atoms with E-state index >= 15 is 0 Å². The minimum absolute atomic E-state index is 0.230. The summed E-state index contributed by atoms with van der Waals surface area (Å²) in [7, 11) is 0. The lowest BCUT2D eigenvalue weighted by atomic mass is 10.1. The van der Waals surface area contributed by atoms with Crippen molar-refractivity contribution in [3.05, 3.63) is 34.3 Å². The van der Waals surface area contributed by atoms with Crippen LogP contribution in [0.3, 0.4) is 0 Å². The Balaban J connectivity index is 3.32. The molecule has 0 N–H and O–H groups in total. The molecule has 13 heavy (non-hydrogen) atoms. The zero-order chi connectivity index (χ0) is 10.1. The average Bonchev–Trinajstić information content (AvgIpc) is 2.01. The second-order valence-corrected chi connectivity index (χ2v) is 3.03. The molecule has 0 atom stereocenters. The lowest BCUT2D eigenvalue weighted by molar-refractivity contribution is -0.138. The van der Waals surface area contributed by atoms with E-state index in [4.69, 9.17) is 11.6 Å². The van der Waals surface area contributed by atoms with Crippen molar-refractivity contribution >= 4 is 11.6 Å². The maximum atomic E-state index is 12.4. The summed E-state index contributed by atoms with van der Waals surface area (Å²) in [4.78, 5) is 0. The first-order chi connectivity index (χ1) is 5.96. The first-order valence-electron chi connectivity index (χ1n) is 3.81. The molecule has 1 aromatic carbocycles. The Labute approximate surface area is 79.3 Å². The van der Waals surface area contributed by atoms with Gasteiger partial charge in [-0.05, 0) is 18.1 Å². The van der Waals surface area contributed by atoms with Gasteiger partial charge in [-0.1, -0.05) is 30.7 Å². The molecule has 1 rings (SSSR count). The molecule has 0 aliphatic heterocycles. The van der Waals surface area contributed by atoms with Gasteiger partial charge in [-0.2, -0.15) is 13.2 Å². The van der Waals surface area contributed by atoms with Gasteiger partial charge < -0.3 is 0 Å². The first kappa shape index (κ1) is 10.4. The van der Waals surface area contributed by atoms with Gasteiger partial charge in [0.15, 0.2) is 0 Å². The monoisotopic (exact) mass is 208 g/mol. The highest BCUT2D eigenvalue weighted by atomic mass is 35.5. The lowest BCUT2D eigenvalue weighted by Crippen LogP contribution is -2.09. The summed E-state index contributed by atoms with van der Waals surface area (Å²) in [6, 6.07) is 4.22. The fourth-order valence-corrected chi connectivity index (χ4v) is 1.48. The Morgan fingerprint density at radius 3 is 2.31 bits per heavy atom. The fraction of sp³-hybridized carbons (Fsp3) is 0.333. The molecule has 0 saturated carbocycles. The zero-order valence-corrected chi connectivity index (χ0v) is 7.71. The van der Waals surface area contributed by atoms with Crippen molar-refractivity contribution in [1.29, 1.82) is 0 Å². The number of halogens is 4. The number of rotatable bonds is 1. The maximum Gasteiger partial charge on any atom is 0.418 e. The van der Waals surface area contributed by atoms with Gasteiger partial charge in [-0.25, -0.2) is 0 Å². The number of hydrogen-bond acceptors (Lipinski definition) is 0. The molecule has 0 bridgehead atoms. The highest BCUT2D eigenvalue weighted by Crippen LogP contribution is 2.37. The van der Waals surface area contributed by atoms with Crippen LogP contribution in [0.2, 0.25) is 5.02 Å². The zero-order valence-electron chi connectivity index (χ0n) is 6.95. The number of benzene rings is 1. The molecule has 0 amide bonds. The van der Waals surface area contributed by atoms with Gasteiger partial charge in [-0.3, -0.25) is 0 Å². The summed E-state index contributed by atoms with van der Waals surface area (Å²) in [5, 5.41) is -0.230. The fourth-order valence-electron chi connectivity index (χ4n) is 1.18. The summed E-state index contributed by atoms with van der Waals surface area (Å²) in [6.07, 6.45) is -4.03. The van der Waals surface area contributed by atoms with Crippen LogP contribution in [0.1, 0.15) is 18.1 Å². The number of aryl methyl sites for hydroxylation is 1. The van der Waals surface area contributed by atoms with Crippen LogP contribution in [0.5, 0.6) is 0 Å². The first-order valence-corrected chi connectivity index (χ1v) is 4.19. The lowest BCUT2D eigenvalue weighted by Gasteiger charge is -2.12. The summed E-state index contributed by atoms with van der Waals surface area (Å²) in [6.45, 7) is 1.67. The second-order valence-electron chi connectivity index (χ2n) is 2.63. The van der Waals surface area contributed by atoms with Gasteiger partial charge in [0.25, 0.3) is 0 Å². The third-order valence-electron chi connectivity index (χ3n) is 1.76. The van der Waals surface area contributed by atoms with E-state index in [-0.39, 0.29) is 10.6 Å². The molecule has 0 aromatic heterocycles. The summed E-state index contributed by atoms with van der Waals surface area (Å²) in [5.74, 6) is 0. The molecule has 1 aromatic rings. The summed E-state index contributed by atoms with van der Waals surface area (Å²) < 4.78 is 37.2. The van der Waals surface area contributed by atoms with Gasteiger partial charge >= 0.3 is 6.18 Å². The summed E-state index contributed by atoms with van der Waals surface area (Å²) >= 11 is 5.47. The van der Waals surface area contributed by atoms with Crippen molar-refractivity contribution in [3.63, 3.8) is 0 Å². The smallest absolute Gasteiger partial charge is 0.166 e. The Hall–Kier alpha value is -0.700. The quantitative estimate of drug-likeness (QED) is 0.656. The predicted molar refractivity (Wildman–Crippen MR) is 45.8 cm³/mol. The van der Waals surface area contributed by atoms with Crippen LogP contribution in [0, 0.1) is 0 Å². The van der Waals surface area contributed by atoms with E-state index < -0.39 is 11.7 Å². The molecule has 4 heteroatoms. The van der Waals surface area contributed by atoms with E-state index in [0.29, 0.717) is 6.42 Å². The van der Waals surface area contributed by atoms with Crippen molar-refractivity contribution in [1.82, 2.24) is 0 Å². The maximum absolute atomic E-state index is 12.4. The SMILES string of the molecule is CCc1cccc(Cl)c1C(F)(F)F. The Bertz CT molecular complexity index is 304. The molecule has 0 fully saturated rings. The van der Waals surface area contributed by atoms with Crippen LogP contribution < -0.4 is 0 Å². The Kier molecular flexibility index (Phi) is 2.86. The largest absolute Gasteiger partial charge is 0.418 e. The van der Waals surface area contributed by atoms with Crippen molar-refractivity contribution in [2.75, 3.05) is 0 Å². The second kappa shape index (κ2) is 3.58. The molecular weight excluding hydrogens is 201 g/mol. The number of alkyl halides is 3. The van der Waals surface area contributed by atoms with E-state index in [1.54, 1.807) is 6.92 Å². The third-order valence-corrected chi connectivity index (χ3v) is 2.08. The van der Waals surface area contributed by atoms with Crippen molar-refractivity contribution in [2.45, 2.75) is 19.5 Å². The van der Waals surface area contributed by atoms with Crippen LogP contribution in [-0.2, 0) is 12.6 Å². The van der Waals surface area contributed by atoms with Crippen molar-refractivity contribution in [2.24, 2.45) is 0 Å². The van der Waals surface area contributed by atoms with Crippen LogP contribution in [0.15, 0.2) is 18.2 Å². The Morgan fingerprint density at radius 2 is 1.92 bits per heavy atom. The normalized spacial score (nSPS) is 11.8. The van der Waals surface area contributed by atoms with Crippen LogP contribution in [0.4, 0.5) is 13.2 Å². The molecule has 0 radical (unpaired) electrons. The van der Waals surface area contributed by atoms with Crippen LogP contribution in [0.25, 0.3) is 0 Å². The average molecular weight is 209 g/mol. The van der Waals surface area contributed by atoms with Gasteiger partial charge in [0.05, 0.1) is 10.6 Å². The van der Waals surface area contributed by atoms with Crippen LogP contribution >= 0.6 is 11.6 Å². The van der Waals surface area contributed by atoms with Gasteiger partial charge in [-0.15, -0.1) is 0 Å². The third kappa shape index (κ3) is 2.15. The van der Waals surface area contributed by atoms with Crippen molar-refractivity contribution in [3.8, 4) is 0 Å². The standard InChI is InChI=1S/C9H8ClF3/c1-2-6-4-3-5-7(10)8(6)9(11,12)13/h3-5H,2H2,1H3.